The molecule has 3 heteroatoms. The molecule has 0 unspecified atom stereocenters. The van der Waals surface area contributed by atoms with Gasteiger partial charge < -0.3 is 4.84 Å². The van der Waals surface area contributed by atoms with Crippen LogP contribution in [0.25, 0.3) is 0 Å². The van der Waals surface area contributed by atoms with Crippen LogP contribution in [0.15, 0.2) is 23.0 Å². The molecule has 0 amide bonds. The van der Waals surface area contributed by atoms with E-state index in [2.05, 4.69) is 4.84 Å². The smallest absolute Gasteiger partial charge is 0.287 e. The van der Waals surface area contributed by atoms with Gasteiger partial charge in [0.15, 0.2) is 0 Å². The van der Waals surface area contributed by atoms with Crippen LogP contribution in [0.2, 0.25) is 0 Å². The molecule has 1 aliphatic heterocycles. The molecule has 0 spiro atoms. The van der Waals surface area contributed by atoms with Gasteiger partial charge in [0.05, 0.1) is 0 Å². The van der Waals surface area contributed by atoms with Crippen molar-refractivity contribution in [1.82, 2.24) is 4.73 Å². The van der Waals surface area contributed by atoms with E-state index in [0.29, 0.717) is 5.88 Å². The second kappa shape index (κ2) is 0.940. The van der Waals surface area contributed by atoms with Crippen LogP contribution in [0, 0.1) is 0 Å². The van der Waals surface area contributed by atoms with Crippen LogP contribution < -0.4 is 10.4 Å². The molecule has 0 N–H and O–H groups in total. The molecule has 3 nitrogen and oxygen atoms in total. The minimum atomic E-state index is -0.0949. The molecule has 0 saturated carbocycles. The molecule has 0 bridgehead atoms. The van der Waals surface area contributed by atoms with Crippen LogP contribution in [0.5, 0.6) is 5.88 Å². The molecule has 0 saturated heterocycles. The molecule has 0 aromatic carbocycles. The van der Waals surface area contributed by atoms with Crippen LogP contribution >= 0.6 is 0 Å². The summed E-state index contributed by atoms with van der Waals surface area (Å²) in [5.41, 5.74) is -0.0949. The first-order chi connectivity index (χ1) is 3.88. The number of rotatable bonds is 0. The van der Waals surface area contributed by atoms with E-state index >= 15 is 0 Å². The Bertz CT molecular complexity index is 276. The van der Waals surface area contributed by atoms with Crippen molar-refractivity contribution in [3.05, 3.63) is 28.6 Å². The highest BCUT2D eigenvalue weighted by atomic mass is 16.8. The quantitative estimate of drug-likeness (QED) is 0.446. The zero-order valence-corrected chi connectivity index (χ0v) is 4.00. The van der Waals surface area contributed by atoms with Crippen molar-refractivity contribution in [3.63, 3.8) is 0 Å². The summed E-state index contributed by atoms with van der Waals surface area (Å²) in [7, 11) is 0. The average Bonchev–Trinajstić information content (AvgIpc) is 2.45. The Morgan fingerprint density at radius 3 is 3.00 bits per heavy atom. The monoisotopic (exact) mass is 109 g/mol. The Balaban J connectivity index is 2.88. The fourth-order valence-corrected chi connectivity index (χ4v) is 0.605. The molecular weight excluding hydrogens is 106 g/mol. The van der Waals surface area contributed by atoms with Gasteiger partial charge in [-0.15, -0.1) is 0 Å². The van der Waals surface area contributed by atoms with Gasteiger partial charge in [0.2, 0.25) is 0 Å². The summed E-state index contributed by atoms with van der Waals surface area (Å²) in [5.74, 6) is 0.650. The minimum Gasteiger partial charge on any atom is -0.347 e. The molecule has 0 atom stereocenters. The predicted molar refractivity (Wildman–Crippen MR) is 26.7 cm³/mol. The highest BCUT2D eigenvalue weighted by molar-refractivity contribution is 5.19. The van der Waals surface area contributed by atoms with E-state index in [9.17, 15) is 4.79 Å². The highest BCUT2D eigenvalue weighted by Gasteiger charge is 2.18. The molecule has 2 rings (SSSR count). The summed E-state index contributed by atoms with van der Waals surface area (Å²) in [4.78, 5) is 15.2. The Morgan fingerprint density at radius 2 is 2.38 bits per heavy atom. The lowest BCUT2D eigenvalue weighted by Crippen LogP contribution is -2.04. The third kappa shape index (κ3) is 0.307. The number of fused-ring (bicyclic) bond motifs is 1. The van der Waals surface area contributed by atoms with Crippen molar-refractivity contribution < 1.29 is 4.84 Å². The maximum absolute atomic E-state index is 10.5. The lowest BCUT2D eigenvalue weighted by atomic mass is 10.5. The topological polar surface area (TPSA) is 34.5 Å². The summed E-state index contributed by atoms with van der Waals surface area (Å²) in [5, 5.41) is 0. The average molecular weight is 109 g/mol. The molecule has 0 fully saturated rings. The maximum atomic E-state index is 10.5. The lowest BCUT2D eigenvalue weighted by molar-refractivity contribution is 0.433. The third-order valence-corrected chi connectivity index (χ3v) is 1.03. The predicted octanol–water partition coefficient (Wildman–Crippen LogP) is 0.00380. The van der Waals surface area contributed by atoms with Gasteiger partial charge in [0.1, 0.15) is 0 Å². The molecule has 8 heavy (non-hydrogen) atoms. The highest BCUT2D eigenvalue weighted by Crippen LogP contribution is 2.18. The first-order valence-electron chi connectivity index (χ1n) is 2.28. The van der Waals surface area contributed by atoms with Crippen molar-refractivity contribution in [3.8, 4) is 5.88 Å². The Labute approximate surface area is 45.1 Å². The SMILES string of the molecule is O=c1cccc2n1O2. The van der Waals surface area contributed by atoms with Crippen molar-refractivity contribution in [2.24, 2.45) is 0 Å². The number of hydrogen-bond donors (Lipinski definition) is 0. The molecule has 1 aliphatic rings. The molecule has 2 heterocycles. The van der Waals surface area contributed by atoms with Crippen LogP contribution in [-0.2, 0) is 0 Å². The minimum absolute atomic E-state index is 0.0949. The van der Waals surface area contributed by atoms with Crippen molar-refractivity contribution >= 4 is 0 Å². The van der Waals surface area contributed by atoms with E-state index < -0.39 is 0 Å². The second-order valence-corrected chi connectivity index (χ2v) is 1.59. The molecule has 1 aromatic heterocycles. The summed E-state index contributed by atoms with van der Waals surface area (Å²) in [6.45, 7) is 0. The third-order valence-electron chi connectivity index (χ3n) is 1.03. The van der Waals surface area contributed by atoms with Crippen LogP contribution in [0.1, 0.15) is 0 Å². The molecule has 0 aliphatic carbocycles. The maximum Gasteiger partial charge on any atom is 0.287 e. The molecule has 1 aromatic rings. The van der Waals surface area contributed by atoms with E-state index in [1.165, 1.54) is 10.8 Å². The Kier molecular flexibility index (Phi) is 0.436. The van der Waals surface area contributed by atoms with Crippen molar-refractivity contribution in [2.45, 2.75) is 0 Å². The van der Waals surface area contributed by atoms with Gasteiger partial charge in [-0.1, -0.05) is 10.8 Å². The molecular formula is C5H3NO2. The first kappa shape index (κ1) is 3.72. The number of pyridine rings is 1. The first-order valence-corrected chi connectivity index (χ1v) is 2.28. The molecule has 40 valence electrons. The van der Waals surface area contributed by atoms with Gasteiger partial charge in [0.25, 0.3) is 11.4 Å². The van der Waals surface area contributed by atoms with E-state index in [1.807, 2.05) is 0 Å². The van der Waals surface area contributed by atoms with E-state index in [4.69, 9.17) is 0 Å². The summed E-state index contributed by atoms with van der Waals surface area (Å²) in [6.07, 6.45) is 0. The van der Waals surface area contributed by atoms with Gasteiger partial charge in [-0.25, -0.2) is 0 Å². The standard InChI is InChI=1S/C5H3NO2/c7-4-2-1-3-5-6(4)8-5/h1-3H. The number of aromatic nitrogens is 1. The van der Waals surface area contributed by atoms with Gasteiger partial charge in [-0.05, 0) is 0 Å². The van der Waals surface area contributed by atoms with Gasteiger partial charge >= 0.3 is 0 Å². The lowest BCUT2D eigenvalue weighted by Gasteiger charge is -1.65. The van der Waals surface area contributed by atoms with Crippen LogP contribution in [0.3, 0.4) is 0 Å². The zero-order valence-electron chi connectivity index (χ0n) is 4.00. The van der Waals surface area contributed by atoms with E-state index in [-0.39, 0.29) is 5.56 Å². The second-order valence-electron chi connectivity index (χ2n) is 1.59. The zero-order chi connectivity index (χ0) is 5.56. The Morgan fingerprint density at radius 1 is 1.50 bits per heavy atom. The fraction of sp³-hybridized carbons (Fsp3) is 0. The van der Waals surface area contributed by atoms with Gasteiger partial charge in [-0.3, -0.25) is 4.79 Å². The van der Waals surface area contributed by atoms with Gasteiger partial charge in [-0.2, -0.15) is 0 Å². The van der Waals surface area contributed by atoms with Crippen molar-refractivity contribution in [2.75, 3.05) is 0 Å². The fourth-order valence-electron chi connectivity index (χ4n) is 0.605. The largest absolute Gasteiger partial charge is 0.347 e. The summed E-state index contributed by atoms with van der Waals surface area (Å²) >= 11 is 0. The van der Waals surface area contributed by atoms with Crippen molar-refractivity contribution in [1.29, 1.82) is 0 Å². The van der Waals surface area contributed by atoms with E-state index in [0.717, 1.165) is 0 Å². The number of nitrogens with zero attached hydrogens (tertiary/aromatic N) is 1. The number of hydrogen-bond acceptors (Lipinski definition) is 2. The van der Waals surface area contributed by atoms with E-state index in [1.54, 1.807) is 12.1 Å². The van der Waals surface area contributed by atoms with Crippen LogP contribution in [0.4, 0.5) is 0 Å². The molecule has 0 radical (unpaired) electrons. The van der Waals surface area contributed by atoms with Gasteiger partial charge in [0, 0.05) is 12.1 Å². The summed E-state index contributed by atoms with van der Waals surface area (Å²) in [6, 6.07) is 4.86. The summed E-state index contributed by atoms with van der Waals surface area (Å²) < 4.78 is 1.24. The Hall–Kier alpha value is -1.25. The normalized spacial score (nSPS) is 12.0. The van der Waals surface area contributed by atoms with Crippen LogP contribution in [-0.4, -0.2) is 4.73 Å².